The minimum Gasteiger partial charge on any atom is -0.394 e. The maximum Gasteiger partial charge on any atom is 0.187 e. The molecule has 0 bridgehead atoms. The van der Waals surface area contributed by atoms with Crippen molar-refractivity contribution < 1.29 is 94.8 Å². The summed E-state index contributed by atoms with van der Waals surface area (Å²) in [7, 11) is 0. The molecule has 0 aromatic carbocycles. The number of rotatable bonds is 13. The number of hydrogen-bond acceptors (Lipinski definition) is 19. The predicted octanol–water partition coefficient (Wildman–Crippen LogP) is -7.67. The van der Waals surface area contributed by atoms with Crippen LogP contribution in [0.5, 0.6) is 0 Å². The van der Waals surface area contributed by atoms with Crippen LogP contribution in [0.15, 0.2) is 0 Å². The van der Waals surface area contributed by atoms with Crippen LogP contribution in [0.2, 0.25) is 0 Å². The van der Waals surface area contributed by atoms with Crippen molar-refractivity contribution in [1.82, 2.24) is 0 Å². The topological polar surface area (TPSA) is 318 Å². The molecule has 0 aromatic rings. The summed E-state index contributed by atoms with van der Waals surface area (Å²) in [5.74, 6) is 0. The summed E-state index contributed by atoms with van der Waals surface area (Å²) in [6.07, 6.45) is -33.2. The normalized spacial score (nSPS) is 46.3. The maximum atomic E-state index is 11.1. The van der Waals surface area contributed by atoms with Crippen LogP contribution in [-0.4, -0.2) is 203 Å². The molecule has 44 heavy (non-hydrogen) atoms. The molecule has 3 heterocycles. The van der Waals surface area contributed by atoms with E-state index in [1.807, 2.05) is 0 Å². The summed E-state index contributed by atoms with van der Waals surface area (Å²) >= 11 is 0. The lowest BCUT2D eigenvalue weighted by molar-refractivity contribution is -0.398. The zero-order valence-electron chi connectivity index (χ0n) is 24.1. The summed E-state index contributed by atoms with van der Waals surface area (Å²) in [5.41, 5.74) is 0. The van der Waals surface area contributed by atoms with E-state index in [4.69, 9.17) is 28.4 Å². The smallest absolute Gasteiger partial charge is 0.187 e. The van der Waals surface area contributed by atoms with Gasteiger partial charge < -0.3 is 94.8 Å². The van der Waals surface area contributed by atoms with Crippen LogP contribution in [0.1, 0.15) is 20.3 Å². The van der Waals surface area contributed by atoms with Crippen LogP contribution in [0.3, 0.4) is 0 Å². The SMILES string of the molecule is CCC(O)[C@@H](O)[C@H](O[C@@H]1OC(CO)[C@H](O)[C@H](O[C@H]2OC(CO)[C@H](O)[C@H](O)C2O)C1O[C@@H]1OC(C)[C@@H](O)[C@H](O)C1O)C(O)CO. The van der Waals surface area contributed by atoms with Crippen LogP contribution in [0.25, 0.3) is 0 Å². The Morgan fingerprint density at radius 2 is 1.09 bits per heavy atom. The lowest BCUT2D eigenvalue weighted by Gasteiger charge is -2.49. The Kier molecular flexibility index (Phi) is 14.0. The van der Waals surface area contributed by atoms with E-state index in [-0.39, 0.29) is 6.42 Å². The van der Waals surface area contributed by atoms with Crippen molar-refractivity contribution in [2.45, 2.75) is 137 Å². The summed E-state index contributed by atoms with van der Waals surface area (Å²) < 4.78 is 33.8. The second-order valence-corrected chi connectivity index (χ2v) is 11.1. The van der Waals surface area contributed by atoms with Gasteiger partial charge in [0, 0.05) is 0 Å². The van der Waals surface area contributed by atoms with Gasteiger partial charge in [-0.2, -0.15) is 0 Å². The van der Waals surface area contributed by atoms with Gasteiger partial charge in [-0.3, -0.25) is 0 Å². The van der Waals surface area contributed by atoms with Gasteiger partial charge in [0.15, 0.2) is 18.9 Å². The number of hydrogen-bond donors (Lipinski definition) is 13. The summed E-state index contributed by atoms with van der Waals surface area (Å²) in [4.78, 5) is 0. The Balaban J connectivity index is 2.03. The maximum absolute atomic E-state index is 11.1. The Hall–Kier alpha value is -0.760. The van der Waals surface area contributed by atoms with E-state index in [2.05, 4.69) is 0 Å². The highest BCUT2D eigenvalue weighted by Gasteiger charge is 2.55. The summed E-state index contributed by atoms with van der Waals surface area (Å²) in [5, 5.41) is 134. The van der Waals surface area contributed by atoms with Gasteiger partial charge in [0.25, 0.3) is 0 Å². The fourth-order valence-electron chi connectivity index (χ4n) is 5.18. The fraction of sp³-hybridized carbons (Fsp3) is 1.00. The highest BCUT2D eigenvalue weighted by Crippen LogP contribution is 2.34. The third-order valence-corrected chi connectivity index (χ3v) is 8.04. The van der Waals surface area contributed by atoms with Crippen molar-refractivity contribution in [3.05, 3.63) is 0 Å². The largest absolute Gasteiger partial charge is 0.394 e. The molecule has 19 heteroatoms. The third kappa shape index (κ3) is 8.02. The van der Waals surface area contributed by atoms with Gasteiger partial charge in [-0.15, -0.1) is 0 Å². The Morgan fingerprint density at radius 3 is 1.64 bits per heavy atom. The van der Waals surface area contributed by atoms with Crippen molar-refractivity contribution >= 4 is 0 Å². The summed E-state index contributed by atoms with van der Waals surface area (Å²) in [6.45, 7) is 0.144. The lowest BCUT2D eigenvalue weighted by Crippen LogP contribution is -2.67. The van der Waals surface area contributed by atoms with E-state index in [1.54, 1.807) is 0 Å². The number of aliphatic hydroxyl groups excluding tert-OH is 13. The molecule has 3 aliphatic rings. The summed E-state index contributed by atoms with van der Waals surface area (Å²) in [6, 6.07) is 0. The van der Waals surface area contributed by atoms with E-state index in [9.17, 15) is 66.4 Å². The van der Waals surface area contributed by atoms with Gasteiger partial charge >= 0.3 is 0 Å². The molecule has 8 unspecified atom stereocenters. The molecule has 0 aliphatic carbocycles. The molecule has 19 nitrogen and oxygen atoms in total. The van der Waals surface area contributed by atoms with Gasteiger partial charge in [0.1, 0.15) is 85.5 Å². The molecule has 0 saturated carbocycles. The highest BCUT2D eigenvalue weighted by atomic mass is 16.8. The predicted molar refractivity (Wildman–Crippen MR) is 138 cm³/mol. The van der Waals surface area contributed by atoms with Gasteiger partial charge in [0.05, 0.1) is 32.0 Å². The Morgan fingerprint density at radius 1 is 0.591 bits per heavy atom. The standard InChI is InChI=1S/C25H46O19/c1-3-8(29)13(32)20(9(30)4-26)42-25-22(44-23-18(37)16(35)12(31)7(2)39-23)21(15(34)11(6-28)41-25)43-24-19(38)17(36)14(33)10(5-27)40-24/h7-38H,3-6H2,1-2H3/t7?,8?,9?,10?,11?,12-,13-,14+,15+,16+,17+,18?,19?,20-,21+,22?,23+,24-,25+/m1/s1. The molecule has 3 fully saturated rings. The Bertz CT molecular complexity index is 854. The number of ether oxygens (including phenoxy) is 6. The zero-order chi connectivity index (χ0) is 33.0. The first-order valence-corrected chi connectivity index (χ1v) is 14.3. The average Bonchev–Trinajstić information content (AvgIpc) is 3.02. The molecule has 0 aromatic heterocycles. The van der Waals surface area contributed by atoms with Gasteiger partial charge in [0.2, 0.25) is 0 Å². The van der Waals surface area contributed by atoms with E-state index in [0.29, 0.717) is 0 Å². The van der Waals surface area contributed by atoms with Crippen LogP contribution in [0, 0.1) is 0 Å². The zero-order valence-corrected chi connectivity index (χ0v) is 24.1. The average molecular weight is 651 g/mol. The lowest BCUT2D eigenvalue weighted by atomic mass is 9.95. The molecule has 0 amide bonds. The second kappa shape index (κ2) is 16.4. The third-order valence-electron chi connectivity index (χ3n) is 8.04. The quantitative estimate of drug-likeness (QED) is 0.0880. The van der Waals surface area contributed by atoms with E-state index >= 15 is 0 Å². The van der Waals surface area contributed by atoms with Crippen LogP contribution < -0.4 is 0 Å². The molecule has 19 atom stereocenters. The van der Waals surface area contributed by atoms with Crippen LogP contribution in [-0.2, 0) is 28.4 Å². The molecular weight excluding hydrogens is 604 g/mol. The monoisotopic (exact) mass is 650 g/mol. The molecule has 3 saturated heterocycles. The van der Waals surface area contributed by atoms with E-state index < -0.39 is 136 Å². The second-order valence-electron chi connectivity index (χ2n) is 11.1. The highest BCUT2D eigenvalue weighted by molar-refractivity contribution is 4.97. The van der Waals surface area contributed by atoms with Crippen molar-refractivity contribution in [1.29, 1.82) is 0 Å². The minimum absolute atomic E-state index is 0.0222. The number of aliphatic hydroxyl groups is 13. The van der Waals surface area contributed by atoms with Crippen molar-refractivity contribution in [3.63, 3.8) is 0 Å². The molecule has 0 spiro atoms. The molecule has 3 aliphatic heterocycles. The van der Waals surface area contributed by atoms with E-state index in [0.717, 1.165) is 0 Å². The molecular formula is C25H46O19. The molecule has 3 rings (SSSR count). The minimum atomic E-state index is -1.98. The first-order valence-electron chi connectivity index (χ1n) is 14.3. The van der Waals surface area contributed by atoms with Crippen molar-refractivity contribution in [2.75, 3.05) is 19.8 Å². The Labute approximate surface area is 251 Å². The van der Waals surface area contributed by atoms with Crippen molar-refractivity contribution in [2.24, 2.45) is 0 Å². The van der Waals surface area contributed by atoms with Crippen LogP contribution in [0.4, 0.5) is 0 Å². The van der Waals surface area contributed by atoms with Gasteiger partial charge in [-0.1, -0.05) is 6.92 Å². The van der Waals surface area contributed by atoms with Gasteiger partial charge in [-0.05, 0) is 13.3 Å². The van der Waals surface area contributed by atoms with Crippen LogP contribution >= 0.6 is 0 Å². The van der Waals surface area contributed by atoms with Gasteiger partial charge in [-0.25, -0.2) is 0 Å². The molecule has 260 valence electrons. The van der Waals surface area contributed by atoms with E-state index in [1.165, 1.54) is 13.8 Å². The molecule has 0 radical (unpaired) electrons. The van der Waals surface area contributed by atoms with Crippen molar-refractivity contribution in [3.8, 4) is 0 Å². The molecule has 13 N–H and O–H groups in total. The fourth-order valence-corrected chi connectivity index (χ4v) is 5.18. The first-order chi connectivity index (χ1) is 20.7. The first kappa shape index (κ1) is 37.7.